The van der Waals surface area contributed by atoms with E-state index in [0.29, 0.717) is 23.7 Å². The second-order valence-electron chi connectivity index (χ2n) is 12.4. The Morgan fingerprint density at radius 1 is 0.900 bits per heavy atom. The van der Waals surface area contributed by atoms with E-state index in [1.165, 1.54) is 30.4 Å². The highest BCUT2D eigenvalue weighted by Crippen LogP contribution is 2.65. The van der Waals surface area contributed by atoms with Crippen LogP contribution in [0.2, 0.25) is 0 Å². The lowest BCUT2D eigenvalue weighted by Crippen LogP contribution is -2.52. The van der Waals surface area contributed by atoms with Gasteiger partial charge in [-0.05, 0) is 96.5 Å². The van der Waals surface area contributed by atoms with Crippen LogP contribution in [0.3, 0.4) is 0 Å². The molecule has 0 bridgehead atoms. The van der Waals surface area contributed by atoms with Gasteiger partial charge in [0.2, 0.25) is 0 Å². The van der Waals surface area contributed by atoms with E-state index >= 15 is 0 Å². The fraction of sp³-hybridized carbons (Fsp3) is 0.926. The van der Waals surface area contributed by atoms with Gasteiger partial charge in [-0.1, -0.05) is 53.9 Å². The van der Waals surface area contributed by atoms with Gasteiger partial charge in [0.25, 0.3) is 0 Å². The van der Waals surface area contributed by atoms with Crippen LogP contribution in [-0.4, -0.2) is 33.6 Å². The van der Waals surface area contributed by atoms with Crippen molar-refractivity contribution in [2.24, 2.45) is 40.4 Å². The number of fused-ring (bicyclic) bond motifs is 4. The lowest BCUT2D eigenvalue weighted by atomic mass is 9.48. The Morgan fingerprint density at radius 2 is 1.63 bits per heavy atom. The molecule has 3 heteroatoms. The Labute approximate surface area is 184 Å². The first-order valence-electron chi connectivity index (χ1n) is 12.9. The molecule has 3 nitrogen and oxygen atoms in total. The lowest BCUT2D eigenvalue weighted by Gasteiger charge is -2.58. The smallest absolute Gasteiger partial charge is 0.0762 e. The van der Waals surface area contributed by atoms with Crippen LogP contribution in [-0.2, 0) is 0 Å². The Bertz CT molecular complexity index is 669. The molecule has 3 saturated carbocycles. The molecular weight excluding hydrogens is 372 g/mol. The minimum atomic E-state index is -0.433. The van der Waals surface area contributed by atoms with Crippen LogP contribution in [0.15, 0.2) is 11.1 Å². The first-order chi connectivity index (χ1) is 14.1. The van der Waals surface area contributed by atoms with Gasteiger partial charge < -0.3 is 15.3 Å². The lowest BCUT2D eigenvalue weighted by molar-refractivity contribution is -0.0671. The van der Waals surface area contributed by atoms with E-state index in [9.17, 15) is 15.3 Å². The summed E-state index contributed by atoms with van der Waals surface area (Å²) in [5.74, 6) is 2.68. The minimum Gasteiger partial charge on any atom is -0.393 e. The highest BCUT2D eigenvalue weighted by Gasteiger charge is 2.59. The number of hydrogen-bond donors (Lipinski definition) is 3. The summed E-state index contributed by atoms with van der Waals surface area (Å²) >= 11 is 0. The quantitative estimate of drug-likeness (QED) is 0.519. The Balaban J connectivity index is 1.63. The third-order valence-electron chi connectivity index (χ3n) is 10.2. The molecule has 4 aliphatic carbocycles. The van der Waals surface area contributed by atoms with Crippen molar-refractivity contribution in [3.05, 3.63) is 11.1 Å². The number of rotatable bonds is 5. The van der Waals surface area contributed by atoms with Gasteiger partial charge in [-0.25, -0.2) is 0 Å². The minimum absolute atomic E-state index is 0.0425. The maximum absolute atomic E-state index is 11.3. The predicted octanol–water partition coefficient (Wildman–Crippen LogP) is 5.47. The van der Waals surface area contributed by atoms with Crippen molar-refractivity contribution in [3.63, 3.8) is 0 Å². The van der Waals surface area contributed by atoms with E-state index in [-0.39, 0.29) is 23.0 Å². The summed E-state index contributed by atoms with van der Waals surface area (Å²) in [6.45, 7) is 11.8. The molecule has 3 fully saturated rings. The zero-order valence-electron chi connectivity index (χ0n) is 20.0. The summed E-state index contributed by atoms with van der Waals surface area (Å²) in [6.07, 6.45) is 9.49. The third-order valence-corrected chi connectivity index (χ3v) is 10.2. The van der Waals surface area contributed by atoms with Crippen LogP contribution < -0.4 is 0 Å². The molecule has 172 valence electrons. The normalized spacial score (nSPS) is 47.1. The largest absolute Gasteiger partial charge is 0.393 e. The summed E-state index contributed by atoms with van der Waals surface area (Å²) in [6, 6.07) is 0. The van der Waals surface area contributed by atoms with Crippen LogP contribution in [0.4, 0.5) is 0 Å². The van der Waals surface area contributed by atoms with E-state index in [4.69, 9.17) is 0 Å². The molecule has 3 N–H and O–H groups in total. The van der Waals surface area contributed by atoms with Gasteiger partial charge >= 0.3 is 0 Å². The summed E-state index contributed by atoms with van der Waals surface area (Å²) in [7, 11) is 0. The average molecular weight is 419 g/mol. The van der Waals surface area contributed by atoms with E-state index in [1.54, 1.807) is 0 Å². The number of aliphatic hydroxyl groups is 3. The van der Waals surface area contributed by atoms with Gasteiger partial charge in [0.05, 0.1) is 18.3 Å². The number of aliphatic hydroxyl groups excluding tert-OH is 3. The second kappa shape index (κ2) is 8.19. The molecule has 9 atom stereocenters. The van der Waals surface area contributed by atoms with Gasteiger partial charge in [-0.2, -0.15) is 0 Å². The molecule has 0 aromatic rings. The van der Waals surface area contributed by atoms with E-state index in [0.717, 1.165) is 50.9 Å². The fourth-order valence-electron chi connectivity index (χ4n) is 8.45. The fourth-order valence-corrected chi connectivity index (χ4v) is 8.45. The molecule has 0 amide bonds. The zero-order valence-corrected chi connectivity index (χ0v) is 20.0. The van der Waals surface area contributed by atoms with Gasteiger partial charge in [-0.3, -0.25) is 0 Å². The van der Waals surface area contributed by atoms with E-state index in [1.807, 2.05) is 0 Å². The SMILES string of the molecule is CC(C)CCC[C@@H](C)[C@H]1CC(O)C2=C3C(O)CC4CC(O)CC[C@]4(C)[C@H]3CC[C@@]21C. The molecule has 0 aromatic carbocycles. The van der Waals surface area contributed by atoms with Crippen molar-refractivity contribution in [2.45, 2.75) is 117 Å². The van der Waals surface area contributed by atoms with Gasteiger partial charge in [0.1, 0.15) is 0 Å². The van der Waals surface area contributed by atoms with Crippen molar-refractivity contribution in [1.82, 2.24) is 0 Å². The molecule has 4 aliphatic rings. The topological polar surface area (TPSA) is 60.7 Å². The monoisotopic (exact) mass is 418 g/mol. The van der Waals surface area contributed by atoms with Crippen molar-refractivity contribution >= 4 is 0 Å². The molecule has 0 aromatic heterocycles. The Morgan fingerprint density at radius 3 is 2.33 bits per heavy atom. The predicted molar refractivity (Wildman–Crippen MR) is 122 cm³/mol. The average Bonchev–Trinajstić information content (AvgIpc) is 2.94. The van der Waals surface area contributed by atoms with Crippen LogP contribution in [0, 0.1) is 40.4 Å². The molecular formula is C27H46O3. The van der Waals surface area contributed by atoms with Crippen LogP contribution in [0.1, 0.15) is 98.8 Å². The van der Waals surface area contributed by atoms with Gasteiger partial charge in [0, 0.05) is 0 Å². The highest BCUT2D eigenvalue weighted by molar-refractivity contribution is 5.39. The van der Waals surface area contributed by atoms with Gasteiger partial charge in [0.15, 0.2) is 0 Å². The molecule has 0 spiro atoms. The molecule has 0 saturated heterocycles. The summed E-state index contributed by atoms with van der Waals surface area (Å²) in [5, 5.41) is 32.8. The Kier molecular flexibility index (Phi) is 6.23. The van der Waals surface area contributed by atoms with Crippen LogP contribution >= 0.6 is 0 Å². The van der Waals surface area contributed by atoms with E-state index in [2.05, 4.69) is 34.6 Å². The van der Waals surface area contributed by atoms with Crippen molar-refractivity contribution < 1.29 is 15.3 Å². The molecule has 30 heavy (non-hydrogen) atoms. The highest BCUT2D eigenvalue weighted by atomic mass is 16.3. The second-order valence-corrected chi connectivity index (χ2v) is 12.4. The molecule has 0 aliphatic heterocycles. The summed E-state index contributed by atoms with van der Waals surface area (Å²) in [4.78, 5) is 0. The van der Waals surface area contributed by atoms with Crippen molar-refractivity contribution in [1.29, 1.82) is 0 Å². The number of hydrogen-bond acceptors (Lipinski definition) is 3. The van der Waals surface area contributed by atoms with Crippen molar-refractivity contribution in [2.75, 3.05) is 0 Å². The van der Waals surface area contributed by atoms with Crippen LogP contribution in [0.25, 0.3) is 0 Å². The maximum atomic E-state index is 11.3. The standard InChI is InChI=1S/C27H46O3/c1-16(2)7-6-8-17(3)21-15-23(30)25-24-20(10-12-27(21,25)5)26(4)11-9-19(28)13-18(26)14-22(24)29/h16-23,28-30H,6-15H2,1-5H3/t17-,18?,19?,20+,21-,22?,23?,26+,27-/m1/s1. The first-order valence-corrected chi connectivity index (χ1v) is 12.9. The zero-order chi connectivity index (χ0) is 21.8. The molecule has 0 heterocycles. The van der Waals surface area contributed by atoms with Crippen molar-refractivity contribution in [3.8, 4) is 0 Å². The Hall–Kier alpha value is -0.380. The molecule has 4 rings (SSSR count). The molecule has 4 unspecified atom stereocenters. The van der Waals surface area contributed by atoms with Gasteiger partial charge in [-0.15, -0.1) is 0 Å². The summed E-state index contributed by atoms with van der Waals surface area (Å²) < 4.78 is 0. The van der Waals surface area contributed by atoms with E-state index < -0.39 is 6.10 Å². The third kappa shape index (κ3) is 3.61. The molecule has 0 radical (unpaired) electrons. The maximum Gasteiger partial charge on any atom is 0.0762 e. The first kappa shape index (κ1) is 22.8. The van der Waals surface area contributed by atoms with Crippen LogP contribution in [0.5, 0.6) is 0 Å². The summed E-state index contributed by atoms with van der Waals surface area (Å²) in [5.41, 5.74) is 2.67.